The number of likely N-dealkylation sites (tertiary alicyclic amines) is 1. The second-order valence-electron chi connectivity index (χ2n) is 7.98. The van der Waals surface area contributed by atoms with Crippen LogP contribution in [0.1, 0.15) is 34.5 Å². The molecule has 3 aromatic rings. The van der Waals surface area contributed by atoms with Crippen molar-refractivity contribution < 1.29 is 9.53 Å². The molecular weight excluding hydrogens is 469 g/mol. The van der Waals surface area contributed by atoms with Crippen molar-refractivity contribution in [1.82, 2.24) is 14.9 Å². The van der Waals surface area contributed by atoms with E-state index < -0.39 is 0 Å². The van der Waals surface area contributed by atoms with Gasteiger partial charge in [0.15, 0.2) is 0 Å². The van der Waals surface area contributed by atoms with Crippen molar-refractivity contribution in [3.05, 3.63) is 86.7 Å². The molecule has 1 saturated heterocycles. The van der Waals surface area contributed by atoms with Crippen molar-refractivity contribution >= 4 is 40.7 Å². The summed E-state index contributed by atoms with van der Waals surface area (Å²) in [4.78, 5) is 23.5. The van der Waals surface area contributed by atoms with Gasteiger partial charge in [0.1, 0.15) is 6.10 Å². The minimum Gasteiger partial charge on any atom is -0.474 e. The highest BCUT2D eigenvalue weighted by molar-refractivity contribution is 6.42. The molecule has 5 nitrogen and oxygen atoms in total. The first-order valence-corrected chi connectivity index (χ1v) is 11.4. The minimum atomic E-state index is -0.208. The smallest absolute Gasteiger partial charge is 0.254 e. The molecule has 4 rings (SSSR count). The van der Waals surface area contributed by atoms with E-state index in [1.165, 1.54) is 0 Å². The predicted octanol–water partition coefficient (Wildman–Crippen LogP) is 6.07. The standard InChI is InChI=1S/C24H22Cl3N3O2/c1-14-9-17(7-8-28-14)24(31)30-12-19(15(2)32-23-6-4-18(25)11-29-23)20(13-30)16-3-5-21(26)22(27)10-16/h3-11,15,19-20H,12-13H2,1-2H3/t15-,19?,20+/m1/s1. The zero-order chi connectivity index (χ0) is 22.8. The van der Waals surface area contributed by atoms with Crippen molar-refractivity contribution in [2.24, 2.45) is 5.92 Å². The fourth-order valence-electron chi connectivity index (χ4n) is 4.14. The first kappa shape index (κ1) is 22.8. The highest BCUT2D eigenvalue weighted by Gasteiger charge is 2.40. The third kappa shape index (κ3) is 5.01. The predicted molar refractivity (Wildman–Crippen MR) is 127 cm³/mol. The number of aryl methyl sites for hydroxylation is 1. The number of carbonyl (C=O) groups excluding carboxylic acids is 1. The van der Waals surface area contributed by atoms with Crippen LogP contribution in [0.25, 0.3) is 0 Å². The van der Waals surface area contributed by atoms with Gasteiger partial charge in [0, 0.05) is 54.6 Å². The molecule has 1 fully saturated rings. The molecule has 0 spiro atoms. The number of pyridine rings is 2. The Kier molecular flexibility index (Phi) is 6.89. The Morgan fingerprint density at radius 1 is 1.06 bits per heavy atom. The molecule has 0 N–H and O–H groups in total. The van der Waals surface area contributed by atoms with Crippen LogP contribution in [-0.4, -0.2) is 40.0 Å². The average molecular weight is 491 g/mol. The highest BCUT2D eigenvalue weighted by atomic mass is 35.5. The van der Waals surface area contributed by atoms with Gasteiger partial charge in [-0.2, -0.15) is 0 Å². The summed E-state index contributed by atoms with van der Waals surface area (Å²) in [6.45, 7) is 4.96. The third-order valence-electron chi connectivity index (χ3n) is 5.78. The molecule has 3 atom stereocenters. The second kappa shape index (κ2) is 9.65. The first-order chi connectivity index (χ1) is 15.3. The number of benzene rings is 1. The third-order valence-corrected chi connectivity index (χ3v) is 6.74. The van der Waals surface area contributed by atoms with Gasteiger partial charge in [0.05, 0.1) is 15.1 Å². The van der Waals surface area contributed by atoms with Gasteiger partial charge >= 0.3 is 0 Å². The van der Waals surface area contributed by atoms with Crippen LogP contribution in [0.4, 0.5) is 0 Å². The maximum Gasteiger partial charge on any atom is 0.254 e. The van der Waals surface area contributed by atoms with E-state index in [-0.39, 0.29) is 23.8 Å². The fourth-order valence-corrected chi connectivity index (χ4v) is 4.56. The van der Waals surface area contributed by atoms with E-state index in [1.807, 2.05) is 30.9 Å². The summed E-state index contributed by atoms with van der Waals surface area (Å²) in [6.07, 6.45) is 3.00. The summed E-state index contributed by atoms with van der Waals surface area (Å²) in [5.41, 5.74) is 2.45. The molecule has 0 radical (unpaired) electrons. The number of hydrogen-bond acceptors (Lipinski definition) is 4. The van der Waals surface area contributed by atoms with Crippen LogP contribution in [-0.2, 0) is 0 Å². The largest absolute Gasteiger partial charge is 0.474 e. The number of carbonyl (C=O) groups is 1. The lowest BCUT2D eigenvalue weighted by Gasteiger charge is -2.25. The number of hydrogen-bond donors (Lipinski definition) is 0. The molecule has 0 aliphatic carbocycles. The average Bonchev–Trinajstić information content (AvgIpc) is 3.22. The molecule has 2 aromatic heterocycles. The molecule has 1 amide bonds. The lowest BCUT2D eigenvalue weighted by molar-refractivity contribution is 0.0769. The molecule has 1 aliphatic heterocycles. The number of ether oxygens (including phenoxy) is 1. The Morgan fingerprint density at radius 2 is 1.88 bits per heavy atom. The Balaban J connectivity index is 1.61. The molecule has 0 saturated carbocycles. The second-order valence-corrected chi connectivity index (χ2v) is 9.23. The van der Waals surface area contributed by atoms with Gasteiger partial charge in [-0.15, -0.1) is 0 Å². The van der Waals surface area contributed by atoms with Crippen molar-refractivity contribution in [2.75, 3.05) is 13.1 Å². The van der Waals surface area contributed by atoms with Crippen LogP contribution in [0.5, 0.6) is 5.88 Å². The van der Waals surface area contributed by atoms with Gasteiger partial charge in [-0.25, -0.2) is 4.98 Å². The number of nitrogens with zero attached hydrogens (tertiary/aromatic N) is 3. The summed E-state index contributed by atoms with van der Waals surface area (Å²) < 4.78 is 6.14. The van der Waals surface area contributed by atoms with E-state index in [1.54, 1.807) is 42.7 Å². The van der Waals surface area contributed by atoms with E-state index >= 15 is 0 Å². The SMILES string of the molecule is Cc1cc(C(=O)N2CC([C@@H](C)Oc3ccc(Cl)cn3)[C@H](c3ccc(Cl)c(Cl)c3)C2)ccn1. The van der Waals surface area contributed by atoms with E-state index in [4.69, 9.17) is 39.5 Å². The van der Waals surface area contributed by atoms with E-state index in [0.29, 0.717) is 39.6 Å². The summed E-state index contributed by atoms with van der Waals surface area (Å²) in [7, 11) is 0. The monoisotopic (exact) mass is 489 g/mol. The highest BCUT2D eigenvalue weighted by Crippen LogP contribution is 2.38. The molecule has 32 heavy (non-hydrogen) atoms. The van der Waals surface area contributed by atoms with Gasteiger partial charge in [0.25, 0.3) is 5.91 Å². The lowest BCUT2D eigenvalue weighted by Crippen LogP contribution is -2.32. The summed E-state index contributed by atoms with van der Waals surface area (Å²) >= 11 is 18.4. The van der Waals surface area contributed by atoms with Crippen LogP contribution in [0.3, 0.4) is 0 Å². The minimum absolute atomic E-state index is 0.0246. The zero-order valence-electron chi connectivity index (χ0n) is 17.6. The van der Waals surface area contributed by atoms with E-state index in [0.717, 1.165) is 11.3 Å². The van der Waals surface area contributed by atoms with Crippen LogP contribution < -0.4 is 4.74 Å². The molecular formula is C24H22Cl3N3O2. The van der Waals surface area contributed by atoms with E-state index in [9.17, 15) is 4.79 Å². The molecule has 166 valence electrons. The van der Waals surface area contributed by atoms with Gasteiger partial charge in [-0.05, 0) is 49.7 Å². The number of halogens is 3. The number of rotatable bonds is 5. The Morgan fingerprint density at radius 3 is 2.56 bits per heavy atom. The van der Waals surface area contributed by atoms with E-state index in [2.05, 4.69) is 9.97 Å². The summed E-state index contributed by atoms with van der Waals surface area (Å²) in [6, 6.07) is 12.7. The van der Waals surface area contributed by atoms with Gasteiger partial charge < -0.3 is 9.64 Å². The van der Waals surface area contributed by atoms with Gasteiger partial charge in [-0.3, -0.25) is 9.78 Å². The van der Waals surface area contributed by atoms with Crippen LogP contribution >= 0.6 is 34.8 Å². The van der Waals surface area contributed by atoms with Gasteiger partial charge in [0.2, 0.25) is 5.88 Å². The van der Waals surface area contributed by atoms with Crippen LogP contribution in [0.15, 0.2) is 54.9 Å². The molecule has 3 heterocycles. The molecule has 1 unspecified atom stereocenters. The fraction of sp³-hybridized carbons (Fsp3) is 0.292. The molecule has 0 bridgehead atoms. The van der Waals surface area contributed by atoms with Crippen molar-refractivity contribution in [3.8, 4) is 5.88 Å². The van der Waals surface area contributed by atoms with Crippen LogP contribution in [0.2, 0.25) is 15.1 Å². The Labute approximate surface area is 202 Å². The quantitative estimate of drug-likeness (QED) is 0.436. The molecule has 1 aromatic carbocycles. The first-order valence-electron chi connectivity index (χ1n) is 10.3. The van der Waals surface area contributed by atoms with Crippen molar-refractivity contribution in [1.29, 1.82) is 0 Å². The Bertz CT molecular complexity index is 1120. The maximum atomic E-state index is 13.2. The van der Waals surface area contributed by atoms with Crippen molar-refractivity contribution in [2.45, 2.75) is 25.9 Å². The summed E-state index contributed by atoms with van der Waals surface area (Å²) in [5, 5.41) is 1.54. The Hall–Kier alpha value is -2.34. The van der Waals surface area contributed by atoms with Crippen LogP contribution in [0, 0.1) is 12.8 Å². The topological polar surface area (TPSA) is 55.3 Å². The maximum absolute atomic E-state index is 13.2. The summed E-state index contributed by atoms with van der Waals surface area (Å²) in [5.74, 6) is 0.514. The normalized spacial score (nSPS) is 19.1. The van der Waals surface area contributed by atoms with Gasteiger partial charge in [-0.1, -0.05) is 40.9 Å². The van der Waals surface area contributed by atoms with Crippen molar-refractivity contribution in [3.63, 3.8) is 0 Å². The zero-order valence-corrected chi connectivity index (χ0v) is 19.9. The number of aromatic nitrogens is 2. The molecule has 1 aliphatic rings. The lowest BCUT2D eigenvalue weighted by atomic mass is 9.86. The molecule has 8 heteroatoms. The number of amides is 1.